The number of carbonyl (C=O) groups is 3. The molecular weight excluding hydrogens is 436 g/mol. The number of hydrogen-bond acceptors (Lipinski definition) is 6. The topological polar surface area (TPSA) is 119 Å². The Morgan fingerprint density at radius 2 is 1.94 bits per heavy atom. The van der Waals surface area contributed by atoms with E-state index in [1.54, 1.807) is 10.6 Å². The number of benzene rings is 1. The summed E-state index contributed by atoms with van der Waals surface area (Å²) >= 11 is 0. The fourth-order valence-corrected chi connectivity index (χ4v) is 4.91. The molecule has 1 aromatic carbocycles. The van der Waals surface area contributed by atoms with Crippen molar-refractivity contribution >= 4 is 28.8 Å². The molecule has 1 fully saturated rings. The molecule has 4 rings (SSSR count). The van der Waals surface area contributed by atoms with E-state index in [0.29, 0.717) is 29.3 Å². The average molecular weight is 469 g/mol. The van der Waals surface area contributed by atoms with Crippen molar-refractivity contribution in [3.8, 4) is 0 Å². The Morgan fingerprint density at radius 1 is 1.12 bits per heavy atom. The number of amides is 3. The van der Waals surface area contributed by atoms with Crippen LogP contribution in [0.25, 0.3) is 10.9 Å². The zero-order valence-electron chi connectivity index (χ0n) is 19.8. The van der Waals surface area contributed by atoms with Gasteiger partial charge in [0.2, 0.25) is 0 Å². The molecule has 0 spiro atoms. The molecule has 0 saturated heterocycles. The van der Waals surface area contributed by atoms with Crippen molar-refractivity contribution in [2.75, 3.05) is 6.61 Å². The SMILES string of the molecule is C[C@@H]1[C@H](C)CCC[C@H]1NC(=O)NC(=O)COC(=O)c1ccc2c(=O)n3c(nc2c1)CCCCC3. The molecule has 0 bridgehead atoms. The van der Waals surface area contributed by atoms with Gasteiger partial charge in [0, 0.05) is 19.0 Å². The molecule has 34 heavy (non-hydrogen) atoms. The Morgan fingerprint density at radius 3 is 2.76 bits per heavy atom. The number of carbonyl (C=O) groups excluding carboxylic acids is 3. The number of ether oxygens (including phenoxy) is 1. The molecule has 0 radical (unpaired) electrons. The van der Waals surface area contributed by atoms with E-state index in [1.165, 1.54) is 12.1 Å². The van der Waals surface area contributed by atoms with E-state index < -0.39 is 24.5 Å². The highest BCUT2D eigenvalue weighted by molar-refractivity contribution is 5.98. The first-order valence-electron chi connectivity index (χ1n) is 12.1. The quantitative estimate of drug-likeness (QED) is 0.666. The van der Waals surface area contributed by atoms with Crippen molar-refractivity contribution in [1.29, 1.82) is 0 Å². The zero-order chi connectivity index (χ0) is 24.2. The first-order chi connectivity index (χ1) is 16.3. The molecule has 9 heteroatoms. The number of hydrogen-bond donors (Lipinski definition) is 2. The van der Waals surface area contributed by atoms with E-state index in [-0.39, 0.29) is 17.2 Å². The van der Waals surface area contributed by atoms with Crippen LogP contribution in [0.15, 0.2) is 23.0 Å². The normalized spacial score (nSPS) is 22.4. The van der Waals surface area contributed by atoms with Crippen LogP contribution in [0.5, 0.6) is 0 Å². The van der Waals surface area contributed by atoms with Crippen molar-refractivity contribution in [2.24, 2.45) is 11.8 Å². The van der Waals surface area contributed by atoms with Crippen LogP contribution in [0.3, 0.4) is 0 Å². The second kappa shape index (κ2) is 10.4. The van der Waals surface area contributed by atoms with E-state index in [0.717, 1.165) is 50.8 Å². The summed E-state index contributed by atoms with van der Waals surface area (Å²) in [6.07, 6.45) is 6.75. The highest BCUT2D eigenvalue weighted by atomic mass is 16.5. The molecule has 182 valence electrons. The van der Waals surface area contributed by atoms with Gasteiger partial charge >= 0.3 is 12.0 Å². The number of nitrogens with zero attached hydrogens (tertiary/aromatic N) is 2. The summed E-state index contributed by atoms with van der Waals surface area (Å²) in [6.45, 7) is 4.34. The van der Waals surface area contributed by atoms with Crippen LogP contribution in [0.4, 0.5) is 4.79 Å². The largest absolute Gasteiger partial charge is 0.452 e. The first-order valence-corrected chi connectivity index (χ1v) is 12.1. The van der Waals surface area contributed by atoms with Gasteiger partial charge in [0.15, 0.2) is 6.61 Å². The molecule has 1 aliphatic heterocycles. The predicted octanol–water partition coefficient (Wildman–Crippen LogP) is 2.93. The molecular formula is C25H32N4O5. The molecule has 2 aromatic rings. The predicted molar refractivity (Wildman–Crippen MR) is 126 cm³/mol. The molecule has 0 unspecified atom stereocenters. The average Bonchev–Trinajstić information content (AvgIpc) is 3.06. The fraction of sp³-hybridized carbons (Fsp3) is 0.560. The van der Waals surface area contributed by atoms with Gasteiger partial charge in [-0.2, -0.15) is 0 Å². The number of fused-ring (bicyclic) bond motifs is 2. The maximum Gasteiger partial charge on any atom is 0.338 e. The number of aryl methyl sites for hydroxylation is 1. The van der Waals surface area contributed by atoms with Crippen LogP contribution in [0.1, 0.15) is 68.6 Å². The van der Waals surface area contributed by atoms with E-state index >= 15 is 0 Å². The molecule has 2 aliphatic rings. The number of imide groups is 1. The number of esters is 1. The van der Waals surface area contributed by atoms with Crippen LogP contribution in [0.2, 0.25) is 0 Å². The standard InChI is InChI=1S/C25H32N4O5/c1-15-7-6-8-19(16(15)2)27-25(33)28-22(30)14-34-24(32)17-10-11-18-20(13-17)26-21-9-4-3-5-12-29(21)23(18)31/h10-11,13,15-16,19H,3-9,12,14H2,1-2H3,(H2,27,28,30,33)/t15-,16-,19-/m1/s1. The molecule has 9 nitrogen and oxygen atoms in total. The van der Waals surface area contributed by atoms with Gasteiger partial charge in [0.1, 0.15) is 5.82 Å². The van der Waals surface area contributed by atoms with Crippen molar-refractivity contribution in [3.05, 3.63) is 39.9 Å². The minimum Gasteiger partial charge on any atom is -0.452 e. The van der Waals surface area contributed by atoms with E-state index in [4.69, 9.17) is 4.74 Å². The van der Waals surface area contributed by atoms with Gasteiger partial charge in [0.25, 0.3) is 11.5 Å². The van der Waals surface area contributed by atoms with Gasteiger partial charge in [-0.1, -0.05) is 33.1 Å². The van der Waals surface area contributed by atoms with Crippen LogP contribution in [-0.2, 0) is 22.5 Å². The van der Waals surface area contributed by atoms with Crippen molar-refractivity contribution in [1.82, 2.24) is 20.2 Å². The molecule has 3 amide bonds. The fourth-order valence-electron chi connectivity index (χ4n) is 4.91. The summed E-state index contributed by atoms with van der Waals surface area (Å²) in [5, 5.41) is 5.52. The summed E-state index contributed by atoms with van der Waals surface area (Å²) in [5.41, 5.74) is 0.529. The third-order valence-electron chi connectivity index (χ3n) is 7.16. The second-order valence-electron chi connectivity index (χ2n) is 9.50. The van der Waals surface area contributed by atoms with Crippen molar-refractivity contribution in [3.63, 3.8) is 0 Å². The van der Waals surface area contributed by atoms with Crippen molar-refractivity contribution in [2.45, 2.75) is 71.4 Å². The monoisotopic (exact) mass is 468 g/mol. The molecule has 1 saturated carbocycles. The van der Waals surface area contributed by atoms with Gasteiger partial charge in [0.05, 0.1) is 16.5 Å². The Bertz CT molecular complexity index is 1160. The maximum absolute atomic E-state index is 12.8. The highest BCUT2D eigenvalue weighted by Gasteiger charge is 2.28. The lowest BCUT2D eigenvalue weighted by Gasteiger charge is -2.34. The van der Waals surface area contributed by atoms with E-state index in [1.807, 2.05) is 0 Å². The third-order valence-corrected chi connectivity index (χ3v) is 7.16. The third kappa shape index (κ3) is 5.29. The van der Waals surface area contributed by atoms with Crippen LogP contribution in [0, 0.1) is 11.8 Å². The van der Waals surface area contributed by atoms with Crippen LogP contribution >= 0.6 is 0 Å². The van der Waals surface area contributed by atoms with E-state index in [9.17, 15) is 19.2 Å². The Hall–Kier alpha value is -3.23. The zero-order valence-corrected chi connectivity index (χ0v) is 19.8. The number of rotatable bonds is 4. The summed E-state index contributed by atoms with van der Waals surface area (Å²) < 4.78 is 6.81. The highest BCUT2D eigenvalue weighted by Crippen LogP contribution is 2.29. The number of aromatic nitrogens is 2. The second-order valence-corrected chi connectivity index (χ2v) is 9.50. The maximum atomic E-state index is 12.8. The summed E-state index contributed by atoms with van der Waals surface area (Å²) in [5.74, 6) is 0.150. The minimum absolute atomic E-state index is 0.0170. The lowest BCUT2D eigenvalue weighted by atomic mass is 9.78. The smallest absolute Gasteiger partial charge is 0.338 e. The lowest BCUT2D eigenvalue weighted by molar-refractivity contribution is -0.123. The van der Waals surface area contributed by atoms with Gasteiger partial charge in [-0.25, -0.2) is 14.6 Å². The number of urea groups is 1. The lowest BCUT2D eigenvalue weighted by Crippen LogP contribution is -2.49. The first kappa shape index (κ1) is 23.9. The Kier molecular flexibility index (Phi) is 7.29. The molecule has 1 aliphatic carbocycles. The number of nitrogens with one attached hydrogen (secondary N) is 2. The van der Waals surface area contributed by atoms with Crippen molar-refractivity contribution < 1.29 is 19.1 Å². The van der Waals surface area contributed by atoms with Gasteiger partial charge < -0.3 is 10.1 Å². The van der Waals surface area contributed by atoms with Gasteiger partial charge in [-0.15, -0.1) is 0 Å². The van der Waals surface area contributed by atoms with Crippen LogP contribution < -0.4 is 16.2 Å². The molecule has 1 aromatic heterocycles. The van der Waals surface area contributed by atoms with Gasteiger partial charge in [-0.3, -0.25) is 19.5 Å². The minimum atomic E-state index is -0.718. The molecule has 3 atom stereocenters. The summed E-state index contributed by atoms with van der Waals surface area (Å²) in [6, 6.07) is 4.01. The Balaban J connectivity index is 1.35. The van der Waals surface area contributed by atoms with E-state index in [2.05, 4.69) is 29.5 Å². The Labute approximate surface area is 198 Å². The van der Waals surface area contributed by atoms with Crippen LogP contribution in [-0.4, -0.2) is 40.1 Å². The van der Waals surface area contributed by atoms with Gasteiger partial charge in [-0.05, 0) is 49.3 Å². The molecule has 2 N–H and O–H groups in total. The summed E-state index contributed by atoms with van der Waals surface area (Å²) in [4.78, 5) is 54.2. The molecule has 2 heterocycles. The summed E-state index contributed by atoms with van der Waals surface area (Å²) in [7, 11) is 0.